The van der Waals surface area contributed by atoms with E-state index in [1.54, 1.807) is 10.9 Å². The lowest BCUT2D eigenvalue weighted by Crippen LogP contribution is -2.55. The van der Waals surface area contributed by atoms with Crippen LogP contribution in [0.25, 0.3) is 11.2 Å². The predicted molar refractivity (Wildman–Crippen MR) is 140 cm³/mol. The van der Waals surface area contributed by atoms with Crippen LogP contribution in [0.15, 0.2) is 11.1 Å². The second kappa shape index (κ2) is 8.22. The summed E-state index contributed by atoms with van der Waals surface area (Å²) in [6.07, 6.45) is 0.273. The van der Waals surface area contributed by atoms with Crippen LogP contribution < -0.4 is 11.3 Å². The van der Waals surface area contributed by atoms with E-state index in [4.69, 9.17) is 24.1 Å². The molecule has 0 saturated carbocycles. The Morgan fingerprint density at radius 3 is 2.40 bits per heavy atom. The molecule has 3 unspecified atom stereocenters. The van der Waals surface area contributed by atoms with Gasteiger partial charge in [-0.15, -0.1) is 0 Å². The van der Waals surface area contributed by atoms with E-state index in [1.807, 2.05) is 0 Å². The first-order valence-corrected chi connectivity index (χ1v) is 18.0. The number of hydrogen-bond donors (Lipinski definition) is 2. The van der Waals surface area contributed by atoms with Gasteiger partial charge >= 0.3 is 0 Å². The van der Waals surface area contributed by atoms with Crippen molar-refractivity contribution in [3.05, 3.63) is 16.7 Å². The molecule has 2 fully saturated rings. The van der Waals surface area contributed by atoms with Crippen molar-refractivity contribution in [1.29, 1.82) is 0 Å². The zero-order valence-corrected chi connectivity index (χ0v) is 24.7. The quantitative estimate of drug-likeness (QED) is 0.548. The number of aromatic amines is 1. The first-order chi connectivity index (χ1) is 15.9. The summed E-state index contributed by atoms with van der Waals surface area (Å²) >= 11 is 0. The largest absolute Gasteiger partial charge is 0.414 e. The normalized spacial score (nSPS) is 27.8. The summed E-state index contributed by atoms with van der Waals surface area (Å²) in [5, 5.41) is 0.0658. The fourth-order valence-corrected chi connectivity index (χ4v) is 6.41. The molecule has 3 N–H and O–H groups in total. The highest BCUT2D eigenvalue weighted by molar-refractivity contribution is 6.74. The van der Waals surface area contributed by atoms with Crippen LogP contribution >= 0.6 is 0 Å². The van der Waals surface area contributed by atoms with Crippen LogP contribution in [-0.2, 0) is 18.3 Å². The molecule has 35 heavy (non-hydrogen) atoms. The number of anilines is 1. The van der Waals surface area contributed by atoms with Gasteiger partial charge in [-0.3, -0.25) is 14.3 Å². The molecular formula is C23H41N5O5Si2. The number of fused-ring (bicyclic) bond motifs is 3. The van der Waals surface area contributed by atoms with Crippen molar-refractivity contribution in [3.63, 3.8) is 0 Å². The molecule has 2 bridgehead atoms. The summed E-state index contributed by atoms with van der Waals surface area (Å²) in [4.78, 5) is 23.5. The van der Waals surface area contributed by atoms with E-state index in [2.05, 4.69) is 82.7 Å². The third-order valence-corrected chi connectivity index (χ3v) is 17.3. The molecule has 4 rings (SSSR count). The van der Waals surface area contributed by atoms with Crippen LogP contribution in [0, 0.1) is 0 Å². The Bertz CT molecular complexity index is 1170. The maximum Gasteiger partial charge on any atom is 0.280 e. The molecule has 0 aromatic carbocycles. The van der Waals surface area contributed by atoms with Crippen LogP contribution in [0.2, 0.25) is 36.3 Å². The van der Waals surface area contributed by atoms with E-state index >= 15 is 0 Å². The van der Waals surface area contributed by atoms with Crippen molar-refractivity contribution in [2.75, 3.05) is 18.9 Å². The molecule has 2 aliphatic rings. The highest BCUT2D eigenvalue weighted by atomic mass is 28.4. The summed E-state index contributed by atoms with van der Waals surface area (Å²) in [6.45, 7) is 23.0. The molecule has 2 aromatic heterocycles. The van der Waals surface area contributed by atoms with E-state index in [-0.39, 0.29) is 33.2 Å². The Hall–Kier alpha value is -1.58. The van der Waals surface area contributed by atoms with E-state index in [9.17, 15) is 4.79 Å². The van der Waals surface area contributed by atoms with Gasteiger partial charge in [0.15, 0.2) is 34.0 Å². The van der Waals surface area contributed by atoms with Crippen molar-refractivity contribution in [2.45, 2.75) is 102 Å². The molecule has 0 spiro atoms. The van der Waals surface area contributed by atoms with Gasteiger partial charge in [0.05, 0.1) is 19.5 Å². The summed E-state index contributed by atoms with van der Waals surface area (Å²) in [7, 11) is -4.24. The number of nitrogens with two attached hydrogens (primary N) is 1. The topological polar surface area (TPSA) is 127 Å². The molecule has 0 radical (unpaired) electrons. The van der Waals surface area contributed by atoms with Gasteiger partial charge in [0.25, 0.3) is 5.56 Å². The Balaban J connectivity index is 1.74. The van der Waals surface area contributed by atoms with Gasteiger partial charge in [0, 0.05) is 0 Å². The number of hydrogen-bond acceptors (Lipinski definition) is 8. The zero-order valence-electron chi connectivity index (χ0n) is 22.7. The molecule has 2 aromatic rings. The highest BCUT2D eigenvalue weighted by Gasteiger charge is 2.65. The number of aromatic nitrogens is 4. The average Bonchev–Trinajstić information content (AvgIpc) is 3.35. The van der Waals surface area contributed by atoms with Gasteiger partial charge in [-0.25, -0.2) is 4.98 Å². The molecule has 196 valence electrons. The Labute approximate surface area is 209 Å². The van der Waals surface area contributed by atoms with Crippen LogP contribution in [0.4, 0.5) is 5.95 Å². The second-order valence-electron chi connectivity index (χ2n) is 13.0. The van der Waals surface area contributed by atoms with Crippen LogP contribution in [0.1, 0.15) is 47.8 Å². The smallest absolute Gasteiger partial charge is 0.280 e. The van der Waals surface area contributed by atoms with Crippen molar-refractivity contribution in [2.24, 2.45) is 0 Å². The van der Waals surface area contributed by atoms with Gasteiger partial charge in [-0.1, -0.05) is 41.5 Å². The SMILES string of the molecule is CC(C)(C)[Si](C)(C)OC[C@@]12COC(C(n3cnc4c(=O)[nH]c(N)nc43)O1)C2O[Si](C)(C)C(C)(C)C. The standard InChI is InChI=1S/C23H41N5O5Si2/c1-21(2,3)34(7,8)31-12-23-11-30-15(16(23)33-35(9,10)22(4,5)6)19(32-23)28-13-25-14-17(28)26-20(24)27-18(14)29/h13,15-16,19H,11-12H2,1-10H3,(H3,24,26,27,29)/t15?,16?,19?,23-/m1/s1. The molecule has 2 aliphatic heterocycles. The molecule has 0 aliphatic carbocycles. The van der Waals surface area contributed by atoms with Crippen molar-refractivity contribution in [3.8, 4) is 0 Å². The van der Waals surface area contributed by atoms with Gasteiger partial charge in [-0.05, 0) is 36.3 Å². The maximum absolute atomic E-state index is 12.4. The lowest BCUT2D eigenvalue weighted by atomic mass is 10.0. The van der Waals surface area contributed by atoms with E-state index in [0.717, 1.165) is 0 Å². The van der Waals surface area contributed by atoms with E-state index in [1.165, 1.54) is 0 Å². The van der Waals surface area contributed by atoms with Crippen LogP contribution in [0.5, 0.6) is 0 Å². The van der Waals surface area contributed by atoms with Gasteiger partial charge in [-0.2, -0.15) is 4.98 Å². The molecule has 12 heteroatoms. The highest BCUT2D eigenvalue weighted by Crippen LogP contribution is 2.51. The fraction of sp³-hybridized carbons (Fsp3) is 0.783. The number of ether oxygens (including phenoxy) is 2. The average molecular weight is 524 g/mol. The number of nitrogens with one attached hydrogen (secondary N) is 1. The number of H-pyrrole nitrogens is 1. The third-order valence-electron chi connectivity index (χ3n) is 8.41. The van der Waals surface area contributed by atoms with Crippen LogP contribution in [-0.4, -0.2) is 67.2 Å². The molecular weight excluding hydrogens is 482 g/mol. The Morgan fingerprint density at radius 2 is 1.80 bits per heavy atom. The molecule has 4 atom stereocenters. The van der Waals surface area contributed by atoms with Crippen molar-refractivity contribution < 1.29 is 18.3 Å². The maximum atomic E-state index is 12.4. The second-order valence-corrected chi connectivity index (χ2v) is 22.5. The minimum Gasteiger partial charge on any atom is -0.414 e. The van der Waals surface area contributed by atoms with Crippen molar-refractivity contribution in [1.82, 2.24) is 19.5 Å². The first-order valence-electron chi connectivity index (χ1n) is 12.2. The summed E-state index contributed by atoms with van der Waals surface area (Å²) in [5.74, 6) is 0.0263. The predicted octanol–water partition coefficient (Wildman–Crippen LogP) is 3.78. The molecule has 0 amide bonds. The number of imidazole rings is 1. The number of nitrogen functional groups attached to an aromatic ring is 1. The summed E-state index contributed by atoms with van der Waals surface area (Å²) in [6, 6.07) is 0. The molecule has 10 nitrogen and oxygen atoms in total. The monoisotopic (exact) mass is 523 g/mol. The van der Waals surface area contributed by atoms with Crippen LogP contribution in [0.3, 0.4) is 0 Å². The minimum atomic E-state index is -2.18. The van der Waals surface area contributed by atoms with Gasteiger partial charge < -0.3 is 24.1 Å². The number of nitrogens with zero attached hydrogens (tertiary/aromatic N) is 3. The number of rotatable bonds is 6. The van der Waals surface area contributed by atoms with E-state index < -0.39 is 34.6 Å². The summed E-state index contributed by atoms with van der Waals surface area (Å²) in [5.41, 5.74) is 5.24. The first kappa shape index (κ1) is 26.5. The fourth-order valence-electron chi connectivity index (χ4n) is 4.04. The summed E-state index contributed by atoms with van der Waals surface area (Å²) < 4.78 is 28.5. The Morgan fingerprint density at radius 1 is 1.17 bits per heavy atom. The lowest BCUT2D eigenvalue weighted by Gasteiger charge is -2.43. The van der Waals surface area contributed by atoms with E-state index in [0.29, 0.717) is 18.9 Å². The van der Waals surface area contributed by atoms with Gasteiger partial charge in [0.2, 0.25) is 5.95 Å². The lowest BCUT2D eigenvalue weighted by molar-refractivity contribution is -0.183. The minimum absolute atomic E-state index is 0.0109. The molecule has 2 saturated heterocycles. The molecule has 4 heterocycles. The zero-order chi connectivity index (χ0) is 26.2. The third kappa shape index (κ3) is 4.42. The van der Waals surface area contributed by atoms with Gasteiger partial charge in [0.1, 0.15) is 17.8 Å². The Kier molecular flexibility index (Phi) is 6.22. The van der Waals surface area contributed by atoms with Crippen molar-refractivity contribution >= 4 is 33.7 Å².